The fraction of sp³-hybridized carbons (Fsp3) is 0.895. The molecule has 0 rings (SSSR count). The van der Waals surface area contributed by atoms with Crippen LogP contribution >= 0.6 is 7.82 Å². The first-order valence-corrected chi connectivity index (χ1v) is 30.3. The maximum absolute atomic E-state index is 12.6. The second-order valence-electron chi connectivity index (χ2n) is 19.5. The molecule has 0 aliphatic heterocycles. The highest BCUT2D eigenvalue weighted by molar-refractivity contribution is 7.47. The van der Waals surface area contributed by atoms with E-state index in [0.29, 0.717) is 6.42 Å². The van der Waals surface area contributed by atoms with E-state index < -0.39 is 26.5 Å². The van der Waals surface area contributed by atoms with Crippen molar-refractivity contribution in [2.45, 2.75) is 302 Å². The number of phosphoric ester groups is 1. The van der Waals surface area contributed by atoms with Crippen molar-refractivity contribution >= 4 is 19.8 Å². The zero-order chi connectivity index (χ0) is 48.8. The van der Waals surface area contributed by atoms with Crippen LogP contribution in [0.2, 0.25) is 0 Å². The summed E-state index contributed by atoms with van der Waals surface area (Å²) in [6.07, 6.45) is 63.4. The van der Waals surface area contributed by atoms with Gasteiger partial charge in [-0.25, -0.2) is 4.57 Å². The summed E-state index contributed by atoms with van der Waals surface area (Å²) in [6, 6.07) is 0. The second-order valence-corrected chi connectivity index (χ2v) is 21.0. The maximum atomic E-state index is 12.6. The number of ether oxygens (including phenoxy) is 2. The number of allylic oxidation sites excluding steroid dienone is 4. The van der Waals surface area contributed by atoms with Crippen LogP contribution in [0, 0.1) is 0 Å². The molecule has 67 heavy (non-hydrogen) atoms. The molecular formula is C57H110NO8P. The molecule has 396 valence electrons. The molecule has 0 saturated carbocycles. The normalized spacial score (nSPS) is 13.2. The van der Waals surface area contributed by atoms with Crippen molar-refractivity contribution in [3.63, 3.8) is 0 Å². The van der Waals surface area contributed by atoms with Gasteiger partial charge < -0.3 is 20.1 Å². The molecule has 0 heterocycles. The van der Waals surface area contributed by atoms with Gasteiger partial charge in [0.25, 0.3) is 0 Å². The highest BCUT2D eigenvalue weighted by Crippen LogP contribution is 2.43. The lowest BCUT2D eigenvalue weighted by Gasteiger charge is -2.19. The largest absolute Gasteiger partial charge is 0.472 e. The molecule has 0 amide bonds. The molecule has 0 aromatic heterocycles. The Morgan fingerprint density at radius 2 is 0.776 bits per heavy atom. The lowest BCUT2D eigenvalue weighted by molar-refractivity contribution is -0.161. The lowest BCUT2D eigenvalue weighted by Crippen LogP contribution is -2.29. The Hall–Kier alpha value is -1.51. The zero-order valence-corrected chi connectivity index (χ0v) is 45.1. The number of esters is 2. The van der Waals surface area contributed by atoms with Gasteiger partial charge in [-0.1, -0.05) is 263 Å². The van der Waals surface area contributed by atoms with E-state index in [1.165, 1.54) is 212 Å². The minimum atomic E-state index is -4.36. The molecule has 2 unspecified atom stereocenters. The number of phosphoric acid groups is 1. The number of hydrogen-bond acceptors (Lipinski definition) is 8. The van der Waals surface area contributed by atoms with Gasteiger partial charge in [0, 0.05) is 19.4 Å². The van der Waals surface area contributed by atoms with Crippen LogP contribution in [0.4, 0.5) is 0 Å². The average Bonchev–Trinajstić information content (AvgIpc) is 3.32. The number of carbonyl (C=O) groups is 2. The Morgan fingerprint density at radius 3 is 1.13 bits per heavy atom. The average molecular weight is 968 g/mol. The summed E-state index contributed by atoms with van der Waals surface area (Å²) in [6.45, 7) is 3.66. The third kappa shape index (κ3) is 53.7. The first-order valence-electron chi connectivity index (χ1n) is 28.8. The molecule has 0 aromatic carbocycles. The number of rotatable bonds is 55. The summed E-state index contributed by atoms with van der Waals surface area (Å²) >= 11 is 0. The zero-order valence-electron chi connectivity index (χ0n) is 44.2. The van der Waals surface area contributed by atoms with Gasteiger partial charge in [0.05, 0.1) is 13.2 Å². The van der Waals surface area contributed by atoms with Crippen molar-refractivity contribution < 1.29 is 37.6 Å². The Morgan fingerprint density at radius 1 is 0.448 bits per heavy atom. The third-order valence-corrected chi connectivity index (χ3v) is 13.8. The lowest BCUT2D eigenvalue weighted by atomic mass is 10.0. The summed E-state index contributed by atoms with van der Waals surface area (Å²) in [5.74, 6) is -0.829. The second kappa shape index (κ2) is 53.8. The molecule has 0 fully saturated rings. The van der Waals surface area contributed by atoms with Crippen LogP contribution < -0.4 is 5.73 Å². The third-order valence-electron chi connectivity index (χ3n) is 12.8. The van der Waals surface area contributed by atoms with E-state index in [1.54, 1.807) is 0 Å². The number of hydrogen-bond donors (Lipinski definition) is 2. The minimum absolute atomic E-state index is 0.0565. The summed E-state index contributed by atoms with van der Waals surface area (Å²) in [5, 5.41) is 0. The van der Waals surface area contributed by atoms with Gasteiger partial charge in [0.2, 0.25) is 0 Å². The molecule has 0 spiro atoms. The highest BCUT2D eigenvalue weighted by Gasteiger charge is 2.26. The van der Waals surface area contributed by atoms with Crippen molar-refractivity contribution in [3.8, 4) is 0 Å². The van der Waals surface area contributed by atoms with Crippen LogP contribution in [0.25, 0.3) is 0 Å². The van der Waals surface area contributed by atoms with Crippen LogP contribution in [0.15, 0.2) is 24.3 Å². The van der Waals surface area contributed by atoms with Crippen LogP contribution in [-0.2, 0) is 32.7 Å². The van der Waals surface area contributed by atoms with E-state index in [1.807, 2.05) is 0 Å². The molecule has 0 bridgehead atoms. The Bertz CT molecular complexity index is 1150. The predicted molar refractivity (Wildman–Crippen MR) is 284 cm³/mol. The van der Waals surface area contributed by atoms with E-state index in [9.17, 15) is 19.0 Å². The van der Waals surface area contributed by atoms with Gasteiger partial charge in [-0.15, -0.1) is 0 Å². The molecule has 3 N–H and O–H groups in total. The molecule has 0 saturated heterocycles. The quantitative estimate of drug-likeness (QED) is 0.0264. The van der Waals surface area contributed by atoms with Gasteiger partial charge >= 0.3 is 19.8 Å². The van der Waals surface area contributed by atoms with E-state index in [4.69, 9.17) is 24.3 Å². The summed E-state index contributed by atoms with van der Waals surface area (Å²) in [4.78, 5) is 34.6. The van der Waals surface area contributed by atoms with Gasteiger partial charge in [0.15, 0.2) is 6.10 Å². The van der Waals surface area contributed by atoms with Crippen LogP contribution in [0.5, 0.6) is 0 Å². The molecule has 0 aromatic rings. The van der Waals surface area contributed by atoms with Gasteiger partial charge in [-0.05, 0) is 44.9 Å². The molecule has 2 atom stereocenters. The molecule has 0 radical (unpaired) electrons. The number of unbranched alkanes of at least 4 members (excludes halogenated alkanes) is 38. The van der Waals surface area contributed by atoms with Gasteiger partial charge in [-0.3, -0.25) is 18.6 Å². The van der Waals surface area contributed by atoms with E-state index in [0.717, 1.165) is 51.4 Å². The summed E-state index contributed by atoms with van der Waals surface area (Å²) in [5.41, 5.74) is 5.34. The van der Waals surface area contributed by atoms with Crippen molar-refractivity contribution in [2.24, 2.45) is 5.73 Å². The fourth-order valence-electron chi connectivity index (χ4n) is 8.55. The van der Waals surface area contributed by atoms with Gasteiger partial charge in [-0.2, -0.15) is 0 Å². The molecule has 0 aliphatic rings. The Labute approximate surface area is 414 Å². The van der Waals surface area contributed by atoms with Crippen molar-refractivity contribution in [3.05, 3.63) is 24.3 Å². The maximum Gasteiger partial charge on any atom is 0.472 e. The smallest absolute Gasteiger partial charge is 0.462 e. The Kier molecular flexibility index (Phi) is 52.6. The summed E-state index contributed by atoms with van der Waals surface area (Å²) < 4.78 is 32.6. The fourth-order valence-corrected chi connectivity index (χ4v) is 9.32. The molecular weight excluding hydrogens is 858 g/mol. The predicted octanol–water partition coefficient (Wildman–Crippen LogP) is 17.9. The highest BCUT2D eigenvalue weighted by atomic mass is 31.2. The monoisotopic (exact) mass is 968 g/mol. The van der Waals surface area contributed by atoms with Crippen molar-refractivity contribution in [1.82, 2.24) is 0 Å². The molecule has 9 nitrogen and oxygen atoms in total. The van der Waals surface area contributed by atoms with Crippen molar-refractivity contribution in [2.75, 3.05) is 26.4 Å². The van der Waals surface area contributed by atoms with Crippen LogP contribution in [0.3, 0.4) is 0 Å². The first-order chi connectivity index (χ1) is 32.8. The SMILES string of the molecule is CCCCCCC/C=C\C/C=C\CCCCCCCCCCCCCCCCCCCCCCCCCCCCCCCC(=O)OC(COC(=O)CCCCCCC)COP(=O)(O)OCCN. The van der Waals surface area contributed by atoms with E-state index >= 15 is 0 Å². The van der Waals surface area contributed by atoms with Crippen LogP contribution in [0.1, 0.15) is 296 Å². The standard InChI is InChI=1S/C57H110NO8P/c1-3-5-7-9-10-11-12-13-14-15-16-17-18-19-20-21-22-23-24-25-26-27-28-29-30-31-32-33-34-35-36-37-38-39-40-41-42-43-44-46-48-50-57(60)66-55(54-65-67(61,62)64-52-51-58)53-63-56(59)49-47-45-8-6-4-2/h12-13,15-16,55H,3-11,14,17-54,58H2,1-2H3,(H,61,62)/b13-12-,16-15-. The van der Waals surface area contributed by atoms with Gasteiger partial charge in [0.1, 0.15) is 6.61 Å². The molecule has 0 aliphatic carbocycles. The number of carbonyl (C=O) groups excluding carboxylic acids is 2. The van der Waals surface area contributed by atoms with E-state index in [-0.39, 0.29) is 38.6 Å². The first kappa shape index (κ1) is 65.5. The van der Waals surface area contributed by atoms with Crippen LogP contribution in [-0.4, -0.2) is 49.3 Å². The molecule has 10 heteroatoms. The number of nitrogens with two attached hydrogens (primary N) is 1. The minimum Gasteiger partial charge on any atom is -0.462 e. The topological polar surface area (TPSA) is 134 Å². The Balaban J connectivity index is 3.56. The van der Waals surface area contributed by atoms with E-state index in [2.05, 4.69) is 38.2 Å². The summed E-state index contributed by atoms with van der Waals surface area (Å²) in [7, 11) is -4.36. The van der Waals surface area contributed by atoms with Crippen molar-refractivity contribution in [1.29, 1.82) is 0 Å².